The molecule has 0 aromatic heterocycles. The van der Waals surface area contributed by atoms with Crippen molar-refractivity contribution >= 4 is 69.6 Å². The Hall–Kier alpha value is 0.900. The van der Waals surface area contributed by atoms with Crippen molar-refractivity contribution in [2.45, 2.75) is 0 Å². The maximum Gasteiger partial charge on any atom is 0.0519 e. The SMILES string of the molecule is BrNNc1cc(Br)c(Br)c(Br)c1. The molecular weight excluding hydrogens is 420 g/mol. The number of hydrogen-bond donors (Lipinski definition) is 2. The van der Waals surface area contributed by atoms with Gasteiger partial charge in [0.2, 0.25) is 0 Å². The van der Waals surface area contributed by atoms with Crippen molar-refractivity contribution in [2.24, 2.45) is 0 Å². The number of benzene rings is 1. The standard InChI is InChI=1S/C6H4Br4N2/c7-4-1-3(11-12-10)2-5(8)6(4)9/h1-2,11-12H. The van der Waals surface area contributed by atoms with Gasteiger partial charge in [-0.15, -0.1) is 0 Å². The Kier molecular flexibility index (Phi) is 4.53. The highest BCUT2D eigenvalue weighted by atomic mass is 79.9. The van der Waals surface area contributed by atoms with E-state index in [1.165, 1.54) is 0 Å². The summed E-state index contributed by atoms with van der Waals surface area (Å²) >= 11 is 13.3. The number of hydrogen-bond acceptors (Lipinski definition) is 2. The first kappa shape index (κ1) is 11.0. The van der Waals surface area contributed by atoms with Gasteiger partial charge in [0.05, 0.1) is 5.69 Å². The van der Waals surface area contributed by atoms with Crippen molar-refractivity contribution in [3.05, 3.63) is 25.6 Å². The van der Waals surface area contributed by atoms with Gasteiger partial charge < -0.3 is 5.43 Å². The fourth-order valence-corrected chi connectivity index (χ4v) is 2.33. The van der Waals surface area contributed by atoms with Crippen LogP contribution in [0, 0.1) is 0 Å². The Bertz CT molecular complexity index is 266. The van der Waals surface area contributed by atoms with Crippen molar-refractivity contribution < 1.29 is 0 Å². The van der Waals surface area contributed by atoms with E-state index in [0.29, 0.717) is 0 Å². The Labute approximate surface area is 104 Å². The van der Waals surface area contributed by atoms with E-state index in [2.05, 4.69) is 73.8 Å². The topological polar surface area (TPSA) is 24.1 Å². The summed E-state index contributed by atoms with van der Waals surface area (Å²) in [7, 11) is 0. The van der Waals surface area contributed by atoms with Crippen LogP contribution in [0.1, 0.15) is 0 Å². The third-order valence-corrected chi connectivity index (χ3v) is 4.54. The first-order valence-corrected chi connectivity index (χ1v) is 6.08. The molecular formula is C6H4Br4N2. The number of nitrogens with one attached hydrogen (secondary N) is 2. The van der Waals surface area contributed by atoms with Gasteiger partial charge >= 0.3 is 0 Å². The first-order valence-electron chi connectivity index (χ1n) is 2.91. The van der Waals surface area contributed by atoms with E-state index >= 15 is 0 Å². The molecule has 2 nitrogen and oxygen atoms in total. The van der Waals surface area contributed by atoms with E-state index < -0.39 is 0 Å². The molecule has 0 bridgehead atoms. The second-order valence-corrected chi connectivity index (χ2v) is 4.87. The van der Waals surface area contributed by atoms with Gasteiger partial charge in [0.25, 0.3) is 0 Å². The first-order chi connectivity index (χ1) is 5.65. The van der Waals surface area contributed by atoms with Crippen molar-refractivity contribution in [3.63, 3.8) is 0 Å². The summed E-state index contributed by atoms with van der Waals surface area (Å²) in [5.41, 5.74) is 3.85. The van der Waals surface area contributed by atoms with Gasteiger partial charge in [0.15, 0.2) is 0 Å². The van der Waals surface area contributed by atoms with Crippen molar-refractivity contribution in [2.75, 3.05) is 5.43 Å². The van der Waals surface area contributed by atoms with Gasteiger partial charge in [-0.25, -0.2) is 0 Å². The minimum absolute atomic E-state index is 0.953. The molecule has 1 aromatic rings. The lowest BCUT2D eigenvalue weighted by Crippen LogP contribution is -2.07. The molecule has 66 valence electrons. The molecule has 0 radical (unpaired) electrons. The minimum Gasteiger partial charge on any atom is -0.312 e. The Morgan fingerprint density at radius 2 is 1.50 bits per heavy atom. The molecule has 0 aliphatic carbocycles. The summed E-state index contributed by atoms with van der Waals surface area (Å²) in [6.07, 6.45) is 0. The number of halogens is 4. The molecule has 0 atom stereocenters. The monoisotopic (exact) mass is 420 g/mol. The fourth-order valence-electron chi connectivity index (χ4n) is 0.682. The van der Waals surface area contributed by atoms with E-state index in [1.54, 1.807) is 0 Å². The molecule has 0 unspecified atom stereocenters. The lowest BCUT2D eigenvalue weighted by molar-refractivity contribution is 1.24. The zero-order chi connectivity index (χ0) is 9.14. The van der Waals surface area contributed by atoms with E-state index in [0.717, 1.165) is 19.1 Å². The summed E-state index contributed by atoms with van der Waals surface area (Å²) in [4.78, 5) is 0. The summed E-state index contributed by atoms with van der Waals surface area (Å²) in [6, 6.07) is 3.90. The van der Waals surface area contributed by atoms with Crippen LogP contribution in [0.5, 0.6) is 0 Å². The lowest BCUT2D eigenvalue weighted by atomic mass is 10.3. The van der Waals surface area contributed by atoms with E-state index in [-0.39, 0.29) is 0 Å². The van der Waals surface area contributed by atoms with Crippen LogP contribution < -0.4 is 9.88 Å². The normalized spacial score (nSPS) is 10.0. The lowest BCUT2D eigenvalue weighted by Gasteiger charge is -2.06. The average Bonchev–Trinajstić information content (AvgIpc) is 2.01. The molecule has 6 heteroatoms. The van der Waals surface area contributed by atoms with Crippen LogP contribution in [0.25, 0.3) is 0 Å². The molecule has 0 aliphatic heterocycles. The summed E-state index contributed by atoms with van der Waals surface area (Å²) < 4.78 is 5.64. The number of hydrazine groups is 1. The third kappa shape index (κ3) is 2.70. The average molecular weight is 424 g/mol. The molecule has 0 saturated carbocycles. The van der Waals surface area contributed by atoms with Crippen LogP contribution in [0.2, 0.25) is 0 Å². The molecule has 0 fully saturated rings. The summed E-state index contributed by atoms with van der Waals surface area (Å²) in [5, 5.41) is 0. The van der Waals surface area contributed by atoms with E-state index in [4.69, 9.17) is 0 Å². The fraction of sp³-hybridized carbons (Fsp3) is 0. The number of anilines is 1. The van der Waals surface area contributed by atoms with Gasteiger partial charge in [-0.05, 0) is 59.9 Å². The van der Waals surface area contributed by atoms with Crippen molar-refractivity contribution in [1.82, 2.24) is 4.45 Å². The zero-order valence-corrected chi connectivity index (χ0v) is 12.0. The molecule has 0 saturated heterocycles. The molecule has 1 rings (SSSR count). The maximum absolute atomic E-state index is 3.41. The quantitative estimate of drug-likeness (QED) is 0.423. The van der Waals surface area contributed by atoms with Gasteiger partial charge in [-0.3, -0.25) is 0 Å². The predicted molar refractivity (Wildman–Crippen MR) is 65.2 cm³/mol. The van der Waals surface area contributed by atoms with Gasteiger partial charge in [0, 0.05) is 29.6 Å². The molecule has 0 aliphatic rings. The molecule has 12 heavy (non-hydrogen) atoms. The highest BCUT2D eigenvalue weighted by molar-refractivity contribution is 9.14. The molecule has 0 heterocycles. The van der Waals surface area contributed by atoms with E-state index in [9.17, 15) is 0 Å². The largest absolute Gasteiger partial charge is 0.312 e. The highest BCUT2D eigenvalue weighted by Gasteiger charge is 2.03. The Morgan fingerprint density at radius 3 is 1.92 bits per heavy atom. The molecule has 1 aromatic carbocycles. The van der Waals surface area contributed by atoms with Crippen LogP contribution >= 0.6 is 63.9 Å². The Morgan fingerprint density at radius 1 is 1.00 bits per heavy atom. The Balaban J connectivity index is 3.04. The van der Waals surface area contributed by atoms with Crippen LogP contribution in [0.4, 0.5) is 5.69 Å². The second-order valence-electron chi connectivity index (χ2n) is 1.97. The molecule has 2 N–H and O–H groups in total. The molecule has 0 spiro atoms. The van der Waals surface area contributed by atoms with Crippen LogP contribution in [-0.4, -0.2) is 0 Å². The third-order valence-electron chi connectivity index (χ3n) is 1.18. The van der Waals surface area contributed by atoms with Gasteiger partial charge in [0.1, 0.15) is 0 Å². The predicted octanol–water partition coefficient (Wildman–Crippen LogP) is 4.20. The van der Waals surface area contributed by atoms with Gasteiger partial charge in [-0.1, -0.05) is 0 Å². The highest BCUT2D eigenvalue weighted by Crippen LogP contribution is 2.33. The van der Waals surface area contributed by atoms with E-state index in [1.807, 2.05) is 12.1 Å². The van der Waals surface area contributed by atoms with Crippen molar-refractivity contribution in [1.29, 1.82) is 0 Å². The van der Waals surface area contributed by atoms with Crippen LogP contribution in [-0.2, 0) is 0 Å². The second kappa shape index (κ2) is 4.95. The van der Waals surface area contributed by atoms with Crippen LogP contribution in [0.15, 0.2) is 25.6 Å². The van der Waals surface area contributed by atoms with Gasteiger partial charge in [-0.2, -0.15) is 4.45 Å². The maximum atomic E-state index is 3.41. The van der Waals surface area contributed by atoms with Crippen molar-refractivity contribution in [3.8, 4) is 0 Å². The zero-order valence-electron chi connectivity index (χ0n) is 5.67. The van der Waals surface area contributed by atoms with Crippen LogP contribution in [0.3, 0.4) is 0 Å². The minimum atomic E-state index is 0.953. The summed E-state index contributed by atoms with van der Waals surface area (Å²) in [5.74, 6) is 0. The summed E-state index contributed by atoms with van der Waals surface area (Å²) in [6.45, 7) is 0. The number of rotatable bonds is 2. The smallest absolute Gasteiger partial charge is 0.0519 e. The molecule has 0 amide bonds.